The molecule has 0 unspecified atom stereocenters. The Morgan fingerprint density at radius 2 is 1.78 bits per heavy atom. The fourth-order valence-corrected chi connectivity index (χ4v) is 2.89. The highest BCUT2D eigenvalue weighted by molar-refractivity contribution is 6.32. The first-order chi connectivity index (χ1) is 12.8. The number of nitrogens with one attached hydrogen (secondary N) is 1. The summed E-state index contributed by atoms with van der Waals surface area (Å²) in [7, 11) is 0. The average Bonchev–Trinajstić information content (AvgIpc) is 2.61. The molecule has 0 heterocycles. The van der Waals surface area contributed by atoms with Gasteiger partial charge in [0.15, 0.2) is 11.5 Å². The molecule has 0 radical (unpaired) electrons. The summed E-state index contributed by atoms with van der Waals surface area (Å²) < 4.78 is 24.8. The Bertz CT molecular complexity index is 781. The van der Waals surface area contributed by atoms with E-state index < -0.39 is 0 Å². The van der Waals surface area contributed by atoms with Gasteiger partial charge in [-0.2, -0.15) is 0 Å². The van der Waals surface area contributed by atoms with Crippen molar-refractivity contribution in [1.29, 1.82) is 0 Å². The van der Waals surface area contributed by atoms with Gasteiger partial charge in [-0.1, -0.05) is 36.2 Å². The Morgan fingerprint density at radius 3 is 2.41 bits per heavy atom. The van der Waals surface area contributed by atoms with Crippen LogP contribution in [0.4, 0.5) is 4.39 Å². The summed E-state index contributed by atoms with van der Waals surface area (Å²) in [5, 5.41) is 4.28. The second kappa shape index (κ2) is 9.63. The van der Waals surface area contributed by atoms with E-state index in [-0.39, 0.29) is 18.0 Å². The van der Waals surface area contributed by atoms with Crippen molar-refractivity contribution in [2.24, 2.45) is 0 Å². The Labute approximate surface area is 170 Å². The number of hydrogen-bond acceptors (Lipinski definition) is 3. The summed E-state index contributed by atoms with van der Waals surface area (Å²) in [5.74, 6) is 0.649. The highest BCUT2D eigenvalue weighted by atomic mass is 35.5. The maximum Gasteiger partial charge on any atom is 0.180 e. The van der Waals surface area contributed by atoms with Crippen LogP contribution >= 0.6 is 23.2 Å². The third-order valence-electron chi connectivity index (χ3n) is 4.41. The number of rotatable bonds is 9. The van der Waals surface area contributed by atoms with Crippen LogP contribution in [0.15, 0.2) is 30.3 Å². The summed E-state index contributed by atoms with van der Waals surface area (Å²) in [4.78, 5) is 0. The second-order valence-electron chi connectivity index (χ2n) is 6.95. The number of halogens is 3. The van der Waals surface area contributed by atoms with Crippen LogP contribution in [0.2, 0.25) is 10.0 Å². The molecule has 0 fully saturated rings. The molecule has 27 heavy (non-hydrogen) atoms. The zero-order valence-electron chi connectivity index (χ0n) is 16.2. The van der Waals surface area contributed by atoms with Gasteiger partial charge in [-0.05, 0) is 57.0 Å². The van der Waals surface area contributed by atoms with Crippen molar-refractivity contribution in [2.75, 3.05) is 6.61 Å². The summed E-state index contributed by atoms with van der Waals surface area (Å²) in [6.07, 6.45) is 1.01. The molecule has 0 saturated heterocycles. The van der Waals surface area contributed by atoms with Gasteiger partial charge in [-0.15, -0.1) is 0 Å². The number of ether oxygens (including phenoxy) is 2. The van der Waals surface area contributed by atoms with E-state index in [9.17, 15) is 4.39 Å². The van der Waals surface area contributed by atoms with Crippen LogP contribution in [-0.2, 0) is 13.2 Å². The Hall–Kier alpha value is -1.49. The summed E-state index contributed by atoms with van der Waals surface area (Å²) in [6.45, 7) is 9.68. The van der Waals surface area contributed by atoms with Crippen molar-refractivity contribution in [3.05, 3.63) is 57.3 Å². The molecule has 0 atom stereocenters. The van der Waals surface area contributed by atoms with Crippen molar-refractivity contribution in [2.45, 2.75) is 52.8 Å². The standard InChI is InChI=1S/C21H26Cl2FNO2/c1-5-21(3,4)25-12-14-9-18(23)20(19(10-14)26-6-2)27-13-15-7-8-16(24)11-17(15)22/h7-11,25H,5-6,12-13H2,1-4H3. The Kier molecular flexibility index (Phi) is 7.78. The minimum Gasteiger partial charge on any atom is -0.490 e. The van der Waals surface area contributed by atoms with Crippen molar-refractivity contribution in [3.63, 3.8) is 0 Å². The zero-order valence-corrected chi connectivity index (χ0v) is 17.7. The lowest BCUT2D eigenvalue weighted by atomic mass is 10.0. The first-order valence-corrected chi connectivity index (χ1v) is 9.78. The van der Waals surface area contributed by atoms with Crippen molar-refractivity contribution >= 4 is 23.2 Å². The van der Waals surface area contributed by atoms with Gasteiger partial charge < -0.3 is 14.8 Å². The molecule has 2 aromatic carbocycles. The van der Waals surface area contributed by atoms with Gasteiger partial charge in [0, 0.05) is 17.6 Å². The first kappa shape index (κ1) is 21.8. The van der Waals surface area contributed by atoms with Crippen molar-refractivity contribution in [3.8, 4) is 11.5 Å². The smallest absolute Gasteiger partial charge is 0.180 e. The van der Waals surface area contributed by atoms with E-state index in [0.717, 1.165) is 12.0 Å². The predicted octanol–water partition coefficient (Wildman–Crippen LogP) is 6.39. The Morgan fingerprint density at radius 1 is 1.04 bits per heavy atom. The molecule has 0 aliphatic rings. The molecule has 0 amide bonds. The van der Waals surface area contributed by atoms with Crippen molar-refractivity contribution in [1.82, 2.24) is 5.32 Å². The lowest BCUT2D eigenvalue weighted by molar-refractivity contribution is 0.269. The van der Waals surface area contributed by atoms with Gasteiger partial charge in [-0.25, -0.2) is 4.39 Å². The fourth-order valence-electron chi connectivity index (χ4n) is 2.38. The SMILES string of the molecule is CCOc1cc(CNC(C)(C)CC)cc(Cl)c1OCc1ccc(F)cc1Cl. The number of hydrogen-bond donors (Lipinski definition) is 1. The minimum atomic E-state index is -0.386. The molecule has 0 aromatic heterocycles. The summed E-state index contributed by atoms with van der Waals surface area (Å²) >= 11 is 12.5. The molecule has 3 nitrogen and oxygen atoms in total. The molecule has 2 rings (SSSR count). The monoisotopic (exact) mass is 413 g/mol. The third kappa shape index (κ3) is 6.27. The van der Waals surface area contributed by atoms with Crippen LogP contribution in [0.1, 0.15) is 45.2 Å². The Balaban J connectivity index is 2.19. The molecule has 0 aliphatic heterocycles. The van der Waals surface area contributed by atoms with Gasteiger partial charge >= 0.3 is 0 Å². The topological polar surface area (TPSA) is 30.5 Å². The molecule has 0 spiro atoms. The van der Waals surface area contributed by atoms with E-state index in [1.165, 1.54) is 12.1 Å². The lowest BCUT2D eigenvalue weighted by Gasteiger charge is -2.25. The minimum absolute atomic E-state index is 0.0345. The van der Waals surface area contributed by atoms with Crippen LogP contribution in [0, 0.1) is 5.82 Å². The highest BCUT2D eigenvalue weighted by Gasteiger charge is 2.17. The summed E-state index contributed by atoms with van der Waals surface area (Å²) in [6, 6.07) is 7.99. The first-order valence-electron chi connectivity index (χ1n) is 9.02. The lowest BCUT2D eigenvalue weighted by Crippen LogP contribution is -2.37. The van der Waals surface area contributed by atoms with Gasteiger partial charge in [0.1, 0.15) is 12.4 Å². The molecule has 0 bridgehead atoms. The quantitative estimate of drug-likeness (QED) is 0.516. The largest absolute Gasteiger partial charge is 0.490 e. The second-order valence-corrected chi connectivity index (χ2v) is 7.77. The molecule has 0 saturated carbocycles. The van der Waals surface area contributed by atoms with Crippen LogP contribution in [0.3, 0.4) is 0 Å². The molecule has 148 valence electrons. The van der Waals surface area contributed by atoms with Gasteiger partial charge in [0.05, 0.1) is 16.7 Å². The van der Waals surface area contributed by atoms with E-state index in [1.54, 1.807) is 6.07 Å². The van der Waals surface area contributed by atoms with E-state index >= 15 is 0 Å². The van der Waals surface area contributed by atoms with E-state index in [1.807, 2.05) is 19.1 Å². The van der Waals surface area contributed by atoms with E-state index in [0.29, 0.717) is 40.3 Å². The van der Waals surface area contributed by atoms with Crippen LogP contribution in [0.5, 0.6) is 11.5 Å². The highest BCUT2D eigenvalue weighted by Crippen LogP contribution is 2.37. The number of benzene rings is 2. The normalized spacial score (nSPS) is 11.5. The molecule has 0 aliphatic carbocycles. The van der Waals surface area contributed by atoms with Gasteiger partial charge in [-0.3, -0.25) is 0 Å². The maximum absolute atomic E-state index is 13.2. The van der Waals surface area contributed by atoms with Gasteiger partial charge in [0.2, 0.25) is 0 Å². The third-order valence-corrected chi connectivity index (χ3v) is 5.04. The maximum atomic E-state index is 13.2. The molecule has 6 heteroatoms. The zero-order chi connectivity index (χ0) is 20.0. The summed E-state index contributed by atoms with van der Waals surface area (Å²) in [5.41, 5.74) is 1.72. The average molecular weight is 414 g/mol. The fraction of sp³-hybridized carbons (Fsp3) is 0.429. The van der Waals surface area contributed by atoms with Crippen LogP contribution in [-0.4, -0.2) is 12.1 Å². The van der Waals surface area contributed by atoms with Gasteiger partial charge in [0.25, 0.3) is 0 Å². The molecular weight excluding hydrogens is 388 g/mol. The molecule has 1 N–H and O–H groups in total. The van der Waals surface area contributed by atoms with Crippen LogP contribution < -0.4 is 14.8 Å². The predicted molar refractivity (Wildman–Crippen MR) is 110 cm³/mol. The molecule has 2 aromatic rings. The van der Waals surface area contributed by atoms with Crippen molar-refractivity contribution < 1.29 is 13.9 Å². The van der Waals surface area contributed by atoms with E-state index in [2.05, 4.69) is 26.1 Å². The van der Waals surface area contributed by atoms with Crippen LogP contribution in [0.25, 0.3) is 0 Å². The molecular formula is C21H26Cl2FNO2. The van der Waals surface area contributed by atoms with E-state index in [4.69, 9.17) is 32.7 Å².